The number of rotatable bonds is 0. The van der Waals surface area contributed by atoms with E-state index in [1.807, 2.05) is 33.9 Å². The highest BCUT2D eigenvalue weighted by Gasteiger charge is 1.99. The molecule has 0 spiro atoms. The molecule has 2 aromatic heterocycles. The summed E-state index contributed by atoms with van der Waals surface area (Å²) in [5.74, 6) is 0. The highest BCUT2D eigenvalue weighted by molar-refractivity contribution is 7.18. The highest BCUT2D eigenvalue weighted by atomic mass is 32.1. The Morgan fingerprint density at radius 3 is 2.31 bits per heavy atom. The molecule has 2 aromatic rings. The fourth-order valence-electron chi connectivity index (χ4n) is 1.03. The van der Waals surface area contributed by atoms with Crippen molar-refractivity contribution < 1.29 is 0 Å². The predicted molar refractivity (Wildman–Crippen MR) is 74.2 cm³/mol. The van der Waals surface area contributed by atoms with Crippen molar-refractivity contribution >= 4 is 21.7 Å². The third-order valence-corrected chi connectivity index (χ3v) is 2.39. The van der Waals surface area contributed by atoms with Gasteiger partial charge in [-0.05, 0) is 25.5 Å². The normalized spacial score (nSPS) is 8.88. The summed E-state index contributed by atoms with van der Waals surface area (Å²) in [6, 6.07) is 2.06. The zero-order valence-electron chi connectivity index (χ0n) is 11.2. The molecule has 0 unspecified atom stereocenters. The van der Waals surface area contributed by atoms with Crippen LogP contribution in [-0.2, 0) is 0 Å². The van der Waals surface area contributed by atoms with Crippen LogP contribution in [0.2, 0.25) is 0 Å². The summed E-state index contributed by atoms with van der Waals surface area (Å²) < 4.78 is 0. The van der Waals surface area contributed by atoms with Crippen molar-refractivity contribution in [3.8, 4) is 0 Å². The molecule has 90 valence electrons. The number of hydrogen-bond acceptors (Lipinski definition) is 3. The van der Waals surface area contributed by atoms with Crippen LogP contribution in [0, 0.1) is 13.8 Å². The number of pyridine rings is 1. The molecule has 0 radical (unpaired) electrons. The van der Waals surface area contributed by atoms with Crippen LogP contribution in [0.15, 0.2) is 12.3 Å². The van der Waals surface area contributed by atoms with Crippen LogP contribution in [0.4, 0.5) is 0 Å². The molecule has 0 aliphatic heterocycles. The summed E-state index contributed by atoms with van der Waals surface area (Å²) in [5, 5.41) is 1.08. The van der Waals surface area contributed by atoms with Crippen LogP contribution < -0.4 is 0 Å². The van der Waals surface area contributed by atoms with Crippen molar-refractivity contribution in [1.29, 1.82) is 0 Å². The summed E-state index contributed by atoms with van der Waals surface area (Å²) in [4.78, 5) is 9.62. The summed E-state index contributed by atoms with van der Waals surface area (Å²) in [6.07, 6.45) is 3.12. The van der Waals surface area contributed by atoms with E-state index in [4.69, 9.17) is 0 Å². The SMILES string of the molecule is CC.CCC.Cc1cnc2sc(C)nc2c1. The van der Waals surface area contributed by atoms with E-state index < -0.39 is 0 Å². The van der Waals surface area contributed by atoms with Crippen LogP contribution >= 0.6 is 11.3 Å². The minimum Gasteiger partial charge on any atom is -0.243 e. The molecule has 0 saturated carbocycles. The lowest BCUT2D eigenvalue weighted by atomic mass is 10.3. The van der Waals surface area contributed by atoms with Gasteiger partial charge in [-0.25, -0.2) is 9.97 Å². The van der Waals surface area contributed by atoms with E-state index in [2.05, 4.69) is 29.9 Å². The average molecular weight is 238 g/mol. The van der Waals surface area contributed by atoms with Gasteiger partial charge in [0.15, 0.2) is 0 Å². The van der Waals surface area contributed by atoms with Crippen molar-refractivity contribution in [2.75, 3.05) is 0 Å². The highest BCUT2D eigenvalue weighted by Crippen LogP contribution is 2.19. The van der Waals surface area contributed by atoms with Gasteiger partial charge in [-0.1, -0.05) is 45.5 Å². The van der Waals surface area contributed by atoms with E-state index in [9.17, 15) is 0 Å². The lowest BCUT2D eigenvalue weighted by Gasteiger charge is -1.87. The summed E-state index contributed by atoms with van der Waals surface area (Å²) >= 11 is 1.64. The summed E-state index contributed by atoms with van der Waals surface area (Å²) in [6.45, 7) is 12.3. The lowest BCUT2D eigenvalue weighted by molar-refractivity contribution is 1.09. The number of aromatic nitrogens is 2. The zero-order valence-corrected chi connectivity index (χ0v) is 12.0. The van der Waals surface area contributed by atoms with Crippen LogP contribution in [0.5, 0.6) is 0 Å². The maximum Gasteiger partial charge on any atom is 0.143 e. The smallest absolute Gasteiger partial charge is 0.143 e. The monoisotopic (exact) mass is 238 g/mol. The van der Waals surface area contributed by atoms with Crippen molar-refractivity contribution in [3.63, 3.8) is 0 Å². The van der Waals surface area contributed by atoms with Gasteiger partial charge in [0.05, 0.1) is 5.01 Å². The van der Waals surface area contributed by atoms with Crippen molar-refractivity contribution in [2.24, 2.45) is 0 Å². The van der Waals surface area contributed by atoms with Gasteiger partial charge in [0.25, 0.3) is 0 Å². The third-order valence-electron chi connectivity index (χ3n) is 1.49. The largest absolute Gasteiger partial charge is 0.243 e. The molecule has 16 heavy (non-hydrogen) atoms. The Morgan fingerprint density at radius 2 is 1.75 bits per heavy atom. The first-order chi connectivity index (χ1) is 7.67. The summed E-state index contributed by atoms with van der Waals surface area (Å²) in [7, 11) is 0. The molecule has 0 bridgehead atoms. The molecule has 0 saturated heterocycles. The molecule has 0 amide bonds. The molecule has 0 atom stereocenters. The number of aryl methyl sites for hydroxylation is 2. The van der Waals surface area contributed by atoms with E-state index in [1.54, 1.807) is 11.3 Å². The second kappa shape index (κ2) is 8.22. The van der Waals surface area contributed by atoms with Gasteiger partial charge in [0, 0.05) is 6.20 Å². The molecule has 0 fully saturated rings. The lowest BCUT2D eigenvalue weighted by Crippen LogP contribution is -1.76. The topological polar surface area (TPSA) is 25.8 Å². The average Bonchev–Trinajstić information content (AvgIpc) is 2.61. The van der Waals surface area contributed by atoms with Gasteiger partial charge in [-0.15, -0.1) is 0 Å². The second-order valence-corrected chi connectivity index (χ2v) is 4.46. The van der Waals surface area contributed by atoms with Crippen LogP contribution in [0.25, 0.3) is 10.3 Å². The van der Waals surface area contributed by atoms with Crippen LogP contribution in [0.3, 0.4) is 0 Å². The first-order valence-corrected chi connectivity index (χ1v) is 6.68. The number of hydrogen-bond donors (Lipinski definition) is 0. The van der Waals surface area contributed by atoms with Gasteiger partial charge in [-0.2, -0.15) is 0 Å². The van der Waals surface area contributed by atoms with Crippen molar-refractivity contribution in [2.45, 2.75) is 48.0 Å². The third kappa shape index (κ3) is 4.71. The molecule has 0 aliphatic rings. The number of nitrogens with zero attached hydrogens (tertiary/aromatic N) is 2. The van der Waals surface area contributed by atoms with E-state index in [1.165, 1.54) is 12.0 Å². The van der Waals surface area contributed by atoms with Gasteiger partial charge in [-0.3, -0.25) is 0 Å². The van der Waals surface area contributed by atoms with Gasteiger partial charge in [0.2, 0.25) is 0 Å². The Morgan fingerprint density at radius 1 is 1.19 bits per heavy atom. The van der Waals surface area contributed by atoms with Crippen molar-refractivity contribution in [1.82, 2.24) is 9.97 Å². The fraction of sp³-hybridized carbons (Fsp3) is 0.538. The minimum absolute atomic E-state index is 1.02. The van der Waals surface area contributed by atoms with Crippen molar-refractivity contribution in [3.05, 3.63) is 22.8 Å². The first kappa shape index (κ1) is 15.0. The molecule has 0 N–H and O–H groups in total. The Labute approximate surface area is 103 Å². The molecule has 2 rings (SSSR count). The van der Waals surface area contributed by atoms with E-state index in [0.717, 1.165) is 15.4 Å². The van der Waals surface area contributed by atoms with Gasteiger partial charge < -0.3 is 0 Å². The molecule has 2 heterocycles. The standard InChI is InChI=1S/C8H8N2S.C3H8.C2H6/c1-5-3-7-8(9-4-5)11-6(2)10-7;1-3-2;1-2/h3-4H,1-2H3;3H2,1-2H3;1-2H3. The second-order valence-electron chi connectivity index (χ2n) is 3.28. The van der Waals surface area contributed by atoms with E-state index in [0.29, 0.717) is 0 Å². The molecule has 2 nitrogen and oxygen atoms in total. The fourth-order valence-corrected chi connectivity index (χ4v) is 1.77. The Kier molecular flexibility index (Phi) is 7.73. The Balaban J connectivity index is 0.000000394. The number of thiazole rings is 1. The van der Waals surface area contributed by atoms with E-state index >= 15 is 0 Å². The Hall–Kier alpha value is -0.960. The first-order valence-electron chi connectivity index (χ1n) is 5.87. The molecule has 3 heteroatoms. The molecule has 0 aromatic carbocycles. The van der Waals surface area contributed by atoms with Crippen LogP contribution in [-0.4, -0.2) is 9.97 Å². The van der Waals surface area contributed by atoms with Crippen LogP contribution in [0.1, 0.15) is 44.7 Å². The van der Waals surface area contributed by atoms with Gasteiger partial charge in [0.1, 0.15) is 10.3 Å². The quantitative estimate of drug-likeness (QED) is 0.662. The van der Waals surface area contributed by atoms with Gasteiger partial charge >= 0.3 is 0 Å². The molecular formula is C13H22N2S. The molecule has 0 aliphatic carbocycles. The van der Waals surface area contributed by atoms with E-state index in [-0.39, 0.29) is 0 Å². The maximum absolute atomic E-state index is 4.33. The minimum atomic E-state index is 1.02. The Bertz CT molecular complexity index is 407. The summed E-state index contributed by atoms with van der Waals surface area (Å²) in [5.41, 5.74) is 2.19. The maximum atomic E-state index is 4.33. The predicted octanol–water partition coefficient (Wildman–Crippen LogP) is 4.75. The zero-order chi connectivity index (χ0) is 12.6. The number of fused-ring (bicyclic) bond motifs is 1. The molecular weight excluding hydrogens is 216 g/mol.